The fourth-order valence-corrected chi connectivity index (χ4v) is 2.72. The van der Waals surface area contributed by atoms with Gasteiger partial charge in [0.25, 0.3) is 0 Å². The second kappa shape index (κ2) is 9.88. The molecule has 0 saturated heterocycles. The summed E-state index contributed by atoms with van der Waals surface area (Å²) in [6, 6.07) is 9.08. The summed E-state index contributed by atoms with van der Waals surface area (Å²) in [6.45, 7) is 4.51. The van der Waals surface area contributed by atoms with Crippen molar-refractivity contribution in [2.24, 2.45) is 0 Å². The highest BCUT2D eigenvalue weighted by atomic mass is 35.5. The summed E-state index contributed by atoms with van der Waals surface area (Å²) in [7, 11) is 3.11. The van der Waals surface area contributed by atoms with Crippen LogP contribution in [0.5, 0.6) is 17.2 Å². The van der Waals surface area contributed by atoms with Crippen LogP contribution in [0.1, 0.15) is 24.5 Å². The van der Waals surface area contributed by atoms with E-state index in [1.165, 1.54) is 6.08 Å². The molecule has 0 aliphatic heterocycles. The van der Waals surface area contributed by atoms with Crippen molar-refractivity contribution in [2.45, 2.75) is 20.3 Å². The molecular weight excluding hydrogens is 366 g/mol. The van der Waals surface area contributed by atoms with Gasteiger partial charge in [0.1, 0.15) is 5.75 Å². The lowest BCUT2D eigenvalue weighted by atomic mass is 10.1. The van der Waals surface area contributed by atoms with Gasteiger partial charge in [-0.25, -0.2) is 0 Å². The number of amides is 1. The maximum atomic E-state index is 12.3. The highest BCUT2D eigenvalue weighted by Gasteiger charge is 2.11. The number of anilines is 1. The summed E-state index contributed by atoms with van der Waals surface area (Å²) in [6.07, 6.45) is 3.96. The summed E-state index contributed by atoms with van der Waals surface area (Å²) in [5.41, 5.74) is 2.37. The topological polar surface area (TPSA) is 56.8 Å². The lowest BCUT2D eigenvalue weighted by Gasteiger charge is -2.12. The van der Waals surface area contributed by atoms with E-state index in [1.54, 1.807) is 32.4 Å². The molecule has 0 aromatic heterocycles. The molecule has 0 unspecified atom stereocenters. The molecule has 0 fully saturated rings. The van der Waals surface area contributed by atoms with E-state index >= 15 is 0 Å². The van der Waals surface area contributed by atoms with E-state index in [0.29, 0.717) is 34.6 Å². The molecule has 6 heteroatoms. The number of aryl methyl sites for hydroxylation is 1. The van der Waals surface area contributed by atoms with Gasteiger partial charge in [0.2, 0.25) is 5.91 Å². The quantitative estimate of drug-likeness (QED) is 0.637. The Kier molecular flexibility index (Phi) is 7.55. The molecular formula is C21H24ClNO4. The minimum absolute atomic E-state index is 0.278. The van der Waals surface area contributed by atoms with Crippen molar-refractivity contribution in [2.75, 3.05) is 26.1 Å². The van der Waals surface area contributed by atoms with Gasteiger partial charge < -0.3 is 19.5 Å². The number of nitrogens with one attached hydrogen (secondary N) is 1. The Bertz CT molecular complexity index is 833. The Balaban J connectivity index is 2.16. The van der Waals surface area contributed by atoms with E-state index in [9.17, 15) is 4.79 Å². The van der Waals surface area contributed by atoms with Crippen LogP contribution in [0.15, 0.2) is 36.4 Å². The second-order valence-electron chi connectivity index (χ2n) is 5.91. The molecule has 2 aromatic carbocycles. The molecule has 0 saturated carbocycles. The fraction of sp³-hybridized carbons (Fsp3) is 0.286. The number of carbonyl (C=O) groups excluding carboxylic acids is 1. The maximum Gasteiger partial charge on any atom is 0.248 e. The molecule has 2 rings (SSSR count). The largest absolute Gasteiger partial charge is 0.495 e. The number of benzene rings is 2. The smallest absolute Gasteiger partial charge is 0.248 e. The average molecular weight is 390 g/mol. The Morgan fingerprint density at radius 2 is 1.89 bits per heavy atom. The summed E-state index contributed by atoms with van der Waals surface area (Å²) in [4.78, 5) is 12.3. The first-order valence-corrected chi connectivity index (χ1v) is 9.00. The zero-order chi connectivity index (χ0) is 19.8. The first-order valence-electron chi connectivity index (χ1n) is 8.62. The Morgan fingerprint density at radius 3 is 2.56 bits per heavy atom. The van der Waals surface area contributed by atoms with Crippen LogP contribution in [-0.4, -0.2) is 26.7 Å². The lowest BCUT2D eigenvalue weighted by Crippen LogP contribution is -2.09. The third-order valence-electron chi connectivity index (χ3n) is 3.74. The number of rotatable bonds is 8. The van der Waals surface area contributed by atoms with E-state index < -0.39 is 0 Å². The van der Waals surface area contributed by atoms with Crippen LogP contribution in [0.2, 0.25) is 5.02 Å². The van der Waals surface area contributed by atoms with Crippen molar-refractivity contribution >= 4 is 29.3 Å². The van der Waals surface area contributed by atoms with Crippen LogP contribution < -0.4 is 19.5 Å². The summed E-state index contributed by atoms with van der Waals surface area (Å²) in [5, 5.41) is 3.25. The van der Waals surface area contributed by atoms with Crippen molar-refractivity contribution in [3.8, 4) is 17.2 Å². The maximum absolute atomic E-state index is 12.3. The van der Waals surface area contributed by atoms with Crippen molar-refractivity contribution in [1.29, 1.82) is 0 Å². The monoisotopic (exact) mass is 389 g/mol. The minimum atomic E-state index is -0.278. The van der Waals surface area contributed by atoms with Gasteiger partial charge in [0, 0.05) is 6.08 Å². The Hall–Kier alpha value is -2.66. The van der Waals surface area contributed by atoms with E-state index in [1.807, 2.05) is 32.0 Å². The molecule has 1 N–H and O–H groups in total. The number of ether oxygens (including phenoxy) is 3. The number of hydrogen-bond acceptors (Lipinski definition) is 4. The molecule has 0 bridgehead atoms. The van der Waals surface area contributed by atoms with E-state index in [-0.39, 0.29) is 5.91 Å². The van der Waals surface area contributed by atoms with Gasteiger partial charge in [0.15, 0.2) is 11.5 Å². The number of hydrogen-bond donors (Lipinski definition) is 1. The predicted octanol–water partition coefficient (Wildman–Crippen LogP) is 5.11. The van der Waals surface area contributed by atoms with E-state index in [4.69, 9.17) is 25.8 Å². The van der Waals surface area contributed by atoms with Gasteiger partial charge in [-0.05, 0) is 54.8 Å². The first-order chi connectivity index (χ1) is 13.0. The van der Waals surface area contributed by atoms with Gasteiger partial charge in [0.05, 0.1) is 31.5 Å². The second-order valence-corrected chi connectivity index (χ2v) is 6.32. The molecule has 5 nitrogen and oxygen atoms in total. The Labute approximate surface area is 164 Å². The third kappa shape index (κ3) is 5.66. The van der Waals surface area contributed by atoms with Gasteiger partial charge in [-0.3, -0.25) is 4.79 Å². The van der Waals surface area contributed by atoms with Crippen molar-refractivity contribution in [3.63, 3.8) is 0 Å². The van der Waals surface area contributed by atoms with Crippen molar-refractivity contribution < 1.29 is 19.0 Å². The van der Waals surface area contributed by atoms with Crippen molar-refractivity contribution in [1.82, 2.24) is 0 Å². The molecule has 0 radical (unpaired) electrons. The summed E-state index contributed by atoms with van der Waals surface area (Å²) >= 11 is 6.30. The number of methoxy groups -OCH3 is 2. The standard InChI is InChI=1S/C21H24ClNO4/c1-5-10-27-21-16(22)12-15(13-19(21)26-4)7-9-20(24)23-17-11-14(2)6-8-18(17)25-3/h6-9,11-13H,5,10H2,1-4H3,(H,23,24)/b9-7+. The molecule has 0 aliphatic rings. The van der Waals surface area contributed by atoms with E-state index in [0.717, 1.165) is 17.5 Å². The van der Waals surface area contributed by atoms with Crippen LogP contribution in [0, 0.1) is 6.92 Å². The molecule has 0 atom stereocenters. The number of halogens is 1. The molecule has 2 aromatic rings. The first kappa shape index (κ1) is 20.6. The van der Waals surface area contributed by atoms with Crippen LogP contribution in [0.25, 0.3) is 6.08 Å². The van der Waals surface area contributed by atoms with Gasteiger partial charge in [-0.1, -0.05) is 24.6 Å². The predicted molar refractivity (Wildman–Crippen MR) is 109 cm³/mol. The third-order valence-corrected chi connectivity index (χ3v) is 4.02. The van der Waals surface area contributed by atoms with Crippen LogP contribution in [-0.2, 0) is 4.79 Å². The van der Waals surface area contributed by atoms with Gasteiger partial charge in [-0.15, -0.1) is 0 Å². The van der Waals surface area contributed by atoms with Crippen LogP contribution >= 0.6 is 11.6 Å². The van der Waals surface area contributed by atoms with Crippen molar-refractivity contribution in [3.05, 3.63) is 52.6 Å². The minimum Gasteiger partial charge on any atom is -0.495 e. The molecule has 0 spiro atoms. The van der Waals surface area contributed by atoms with E-state index in [2.05, 4.69) is 5.32 Å². The zero-order valence-electron chi connectivity index (χ0n) is 16.0. The average Bonchev–Trinajstić information content (AvgIpc) is 2.65. The van der Waals surface area contributed by atoms with Gasteiger partial charge in [-0.2, -0.15) is 0 Å². The highest BCUT2D eigenvalue weighted by Crippen LogP contribution is 2.37. The SMILES string of the molecule is CCCOc1c(Cl)cc(/C=C/C(=O)Nc2cc(C)ccc2OC)cc1OC. The normalized spacial score (nSPS) is 10.7. The zero-order valence-corrected chi connectivity index (χ0v) is 16.7. The fourth-order valence-electron chi connectivity index (χ4n) is 2.45. The molecule has 0 aliphatic carbocycles. The highest BCUT2D eigenvalue weighted by molar-refractivity contribution is 6.32. The summed E-state index contributed by atoms with van der Waals surface area (Å²) < 4.78 is 16.2. The Morgan fingerprint density at radius 1 is 1.15 bits per heavy atom. The number of carbonyl (C=O) groups is 1. The van der Waals surface area contributed by atoms with Gasteiger partial charge >= 0.3 is 0 Å². The summed E-state index contributed by atoms with van der Waals surface area (Å²) in [5.74, 6) is 1.35. The molecule has 0 heterocycles. The van der Waals surface area contributed by atoms with Crippen LogP contribution in [0.4, 0.5) is 5.69 Å². The molecule has 1 amide bonds. The lowest BCUT2D eigenvalue weighted by molar-refractivity contribution is -0.111. The molecule has 144 valence electrons. The molecule has 27 heavy (non-hydrogen) atoms. The van der Waals surface area contributed by atoms with Crippen LogP contribution in [0.3, 0.4) is 0 Å².